The van der Waals surface area contributed by atoms with Gasteiger partial charge in [-0.15, -0.1) is 0 Å². The van der Waals surface area contributed by atoms with Gasteiger partial charge in [-0.3, -0.25) is 4.79 Å². The number of rotatable bonds is 16. The lowest BCUT2D eigenvalue weighted by molar-refractivity contribution is -0.123. The summed E-state index contributed by atoms with van der Waals surface area (Å²) in [7, 11) is 0. The Morgan fingerprint density at radius 1 is 0.727 bits per heavy atom. The van der Waals surface area contributed by atoms with Gasteiger partial charge >= 0.3 is 0 Å². The van der Waals surface area contributed by atoms with Crippen molar-refractivity contribution in [3.05, 3.63) is 0 Å². The van der Waals surface area contributed by atoms with Crippen molar-refractivity contribution in [1.29, 1.82) is 0 Å². The molecule has 0 bridgehead atoms. The number of carbonyl (C=O) groups excluding carboxylic acids is 1. The molecule has 1 amide bonds. The van der Waals surface area contributed by atoms with Crippen LogP contribution in [0.3, 0.4) is 0 Å². The summed E-state index contributed by atoms with van der Waals surface area (Å²) in [5, 5.41) is 2.99. The van der Waals surface area contributed by atoms with Gasteiger partial charge in [0.15, 0.2) is 0 Å². The molecular weight excluding hydrogens is 270 g/mol. The monoisotopic (exact) mass is 313 g/mol. The van der Waals surface area contributed by atoms with Crippen molar-refractivity contribution in [2.24, 2.45) is 5.92 Å². The predicted molar refractivity (Wildman–Crippen MR) is 100 cm³/mol. The summed E-state index contributed by atoms with van der Waals surface area (Å²) in [6, 6.07) is 0. The van der Waals surface area contributed by atoms with Crippen LogP contribution in [0.2, 0.25) is 0 Å². The van der Waals surface area contributed by atoms with Gasteiger partial charge in [0.25, 0.3) is 0 Å². The van der Waals surface area contributed by atoms with Gasteiger partial charge < -0.3 is 5.32 Å². The smallest absolute Gasteiger partial charge is 0.222 e. The zero-order valence-electron chi connectivity index (χ0n) is 15.6. The van der Waals surface area contributed by atoms with Crippen LogP contribution in [0, 0.1) is 5.92 Å². The molecular formula is C20H43NO. The average Bonchev–Trinajstić information content (AvgIpc) is 2.50. The van der Waals surface area contributed by atoms with Crippen molar-refractivity contribution in [1.82, 2.24) is 5.32 Å². The summed E-state index contributed by atoms with van der Waals surface area (Å²) in [5.74, 6) is 0.307. The molecule has 0 aliphatic rings. The summed E-state index contributed by atoms with van der Waals surface area (Å²) >= 11 is 0. The molecule has 0 aliphatic heterocycles. The first-order chi connectivity index (χ1) is 10.7. The molecule has 22 heavy (non-hydrogen) atoms. The van der Waals surface area contributed by atoms with E-state index >= 15 is 0 Å². The maximum Gasteiger partial charge on any atom is 0.222 e. The van der Waals surface area contributed by atoms with Crippen LogP contribution in [0.25, 0.3) is 0 Å². The molecule has 0 rings (SSSR count). The first kappa shape index (κ1) is 21.5. The van der Waals surface area contributed by atoms with E-state index in [4.69, 9.17) is 0 Å². The third-order valence-corrected chi connectivity index (χ3v) is 4.35. The van der Waals surface area contributed by atoms with Crippen LogP contribution < -0.4 is 5.32 Å². The highest BCUT2D eigenvalue weighted by Crippen LogP contribution is 2.12. The zero-order chi connectivity index (χ0) is 16.5. The molecule has 0 aromatic rings. The highest BCUT2D eigenvalue weighted by molar-refractivity contribution is 5.77. The first-order valence-electron chi connectivity index (χ1n) is 9.96. The van der Waals surface area contributed by atoms with Gasteiger partial charge in [0, 0.05) is 13.9 Å². The van der Waals surface area contributed by atoms with Crippen molar-refractivity contribution in [2.45, 2.75) is 111 Å². The van der Waals surface area contributed by atoms with Gasteiger partial charge in [-0.2, -0.15) is 0 Å². The molecule has 0 saturated heterocycles. The molecule has 0 aromatic heterocycles. The van der Waals surface area contributed by atoms with Gasteiger partial charge in [0.2, 0.25) is 5.91 Å². The van der Waals surface area contributed by atoms with Crippen LogP contribution >= 0.6 is 0 Å². The van der Waals surface area contributed by atoms with E-state index in [1.807, 2.05) is 13.8 Å². The van der Waals surface area contributed by atoms with Crippen molar-refractivity contribution in [3.63, 3.8) is 0 Å². The topological polar surface area (TPSA) is 29.1 Å². The van der Waals surface area contributed by atoms with E-state index in [0.29, 0.717) is 0 Å². The van der Waals surface area contributed by atoms with Crippen LogP contribution in [0.4, 0.5) is 0 Å². The van der Waals surface area contributed by atoms with Crippen molar-refractivity contribution < 1.29 is 6.22 Å². The van der Waals surface area contributed by atoms with E-state index in [0.717, 1.165) is 13.0 Å². The Bertz CT molecular complexity index is 244. The van der Waals surface area contributed by atoms with Gasteiger partial charge in [-0.25, -0.2) is 0 Å². The normalized spacial score (nSPS) is 11.1. The molecule has 0 aliphatic carbocycles. The van der Waals surface area contributed by atoms with Crippen molar-refractivity contribution >= 4 is 5.91 Å². The Morgan fingerprint density at radius 3 is 1.45 bits per heavy atom. The fourth-order valence-corrected chi connectivity index (χ4v) is 2.74. The standard InChI is InChI=1S/C20H41NO.H2/c1-4-5-6-7-8-9-10-11-12-13-14-15-16-17-18-21-20(22)19(2)3;/h19H,4-18H2,1-3H3,(H,21,22);1H. The van der Waals surface area contributed by atoms with Gasteiger partial charge in [-0.05, 0) is 6.42 Å². The van der Waals surface area contributed by atoms with Gasteiger partial charge in [0.1, 0.15) is 0 Å². The second-order valence-corrected chi connectivity index (χ2v) is 7.04. The molecule has 2 heteroatoms. The average molecular weight is 314 g/mol. The molecule has 0 saturated carbocycles. The predicted octanol–water partition coefficient (Wildman–Crippen LogP) is 6.49. The molecule has 0 heterocycles. The molecule has 0 unspecified atom stereocenters. The summed E-state index contributed by atoms with van der Waals surface area (Å²) < 4.78 is 0. The quantitative estimate of drug-likeness (QED) is 0.324. The minimum Gasteiger partial charge on any atom is -0.356 e. The van der Waals surface area contributed by atoms with E-state index in [-0.39, 0.29) is 13.3 Å². The van der Waals surface area contributed by atoms with E-state index in [2.05, 4.69) is 12.2 Å². The Balaban J connectivity index is 0. The Kier molecular flexibility index (Phi) is 16.4. The summed E-state index contributed by atoms with van der Waals surface area (Å²) in [6.45, 7) is 7.03. The van der Waals surface area contributed by atoms with Gasteiger partial charge in [-0.1, -0.05) is 104 Å². The summed E-state index contributed by atoms with van der Waals surface area (Å²) in [4.78, 5) is 11.4. The van der Waals surface area contributed by atoms with E-state index in [1.54, 1.807) is 0 Å². The molecule has 0 aromatic carbocycles. The lowest BCUT2D eigenvalue weighted by Gasteiger charge is -2.07. The summed E-state index contributed by atoms with van der Waals surface area (Å²) in [5.41, 5.74) is 0. The fourth-order valence-electron chi connectivity index (χ4n) is 2.74. The van der Waals surface area contributed by atoms with Crippen molar-refractivity contribution in [3.8, 4) is 0 Å². The van der Waals surface area contributed by atoms with Crippen LogP contribution in [0.1, 0.15) is 112 Å². The molecule has 2 nitrogen and oxygen atoms in total. The number of unbranched alkanes of at least 4 members (excludes halogenated alkanes) is 13. The van der Waals surface area contributed by atoms with Crippen LogP contribution in [-0.2, 0) is 4.79 Å². The largest absolute Gasteiger partial charge is 0.356 e. The Labute approximate surface area is 141 Å². The van der Waals surface area contributed by atoms with Crippen LogP contribution in [0.15, 0.2) is 0 Å². The molecule has 0 atom stereocenters. The van der Waals surface area contributed by atoms with E-state index in [1.165, 1.54) is 83.5 Å². The molecule has 0 radical (unpaired) electrons. The number of hydrogen-bond acceptors (Lipinski definition) is 1. The third kappa shape index (κ3) is 15.9. The Morgan fingerprint density at radius 2 is 1.09 bits per heavy atom. The number of carbonyl (C=O) groups is 1. The number of hydrogen-bond donors (Lipinski definition) is 1. The molecule has 0 fully saturated rings. The molecule has 134 valence electrons. The van der Waals surface area contributed by atoms with Gasteiger partial charge in [0.05, 0.1) is 0 Å². The minimum atomic E-state index is 0. The van der Waals surface area contributed by atoms with Crippen molar-refractivity contribution in [2.75, 3.05) is 6.54 Å². The fraction of sp³-hybridized carbons (Fsp3) is 0.950. The lowest BCUT2D eigenvalue weighted by atomic mass is 10.0. The maximum atomic E-state index is 11.4. The van der Waals surface area contributed by atoms with E-state index < -0.39 is 0 Å². The second-order valence-electron chi connectivity index (χ2n) is 7.04. The lowest BCUT2D eigenvalue weighted by Crippen LogP contribution is -2.28. The minimum absolute atomic E-state index is 0. The van der Waals surface area contributed by atoms with Crippen LogP contribution in [0.5, 0.6) is 0 Å². The Hall–Kier alpha value is -0.530. The first-order valence-corrected chi connectivity index (χ1v) is 9.96. The maximum absolute atomic E-state index is 11.4. The number of amides is 1. The highest BCUT2D eigenvalue weighted by Gasteiger charge is 2.04. The SMILES string of the molecule is CCCCCCCCCCCCCCCCNC(=O)C(C)C.[HH]. The highest BCUT2D eigenvalue weighted by atomic mass is 16.1. The summed E-state index contributed by atoms with van der Waals surface area (Å²) in [6.07, 6.45) is 19.3. The third-order valence-electron chi connectivity index (χ3n) is 4.35. The molecule has 1 N–H and O–H groups in total. The second kappa shape index (κ2) is 16.8. The zero-order valence-corrected chi connectivity index (χ0v) is 15.6. The number of nitrogens with one attached hydrogen (secondary N) is 1. The van der Waals surface area contributed by atoms with Crippen LogP contribution in [-0.4, -0.2) is 12.5 Å². The molecule has 0 spiro atoms. The van der Waals surface area contributed by atoms with E-state index in [9.17, 15) is 4.79 Å².